The molecule has 1 saturated heterocycles. The van der Waals surface area contributed by atoms with E-state index in [1.165, 1.54) is 17.7 Å². The second-order valence-electron chi connectivity index (χ2n) is 8.83. The molecule has 2 aliphatic rings. The van der Waals surface area contributed by atoms with E-state index in [-0.39, 0.29) is 36.6 Å². The SMILES string of the molecule is CCOC(=O)C[C@@H](c1cccc(F)c1)N1CC[C@@H](CCCc2ccc3c(n2)NCCC3)C1=O. The molecular weight excluding hydrogens is 421 g/mol. The third-order valence-electron chi connectivity index (χ3n) is 6.56. The summed E-state index contributed by atoms with van der Waals surface area (Å²) in [5.74, 6) is 0.193. The molecule has 1 aromatic carbocycles. The van der Waals surface area contributed by atoms with Crippen molar-refractivity contribution in [2.24, 2.45) is 5.92 Å². The maximum atomic E-state index is 13.9. The van der Waals surface area contributed by atoms with Gasteiger partial charge in [0.15, 0.2) is 0 Å². The van der Waals surface area contributed by atoms with E-state index in [2.05, 4.69) is 17.4 Å². The number of anilines is 1. The number of aromatic nitrogens is 1. The zero-order valence-electron chi connectivity index (χ0n) is 19.2. The lowest BCUT2D eigenvalue weighted by molar-refractivity contribution is -0.145. The van der Waals surface area contributed by atoms with Crippen molar-refractivity contribution in [1.29, 1.82) is 0 Å². The minimum Gasteiger partial charge on any atom is -0.466 e. The maximum Gasteiger partial charge on any atom is 0.308 e. The molecule has 0 aliphatic carbocycles. The molecule has 176 valence electrons. The van der Waals surface area contributed by atoms with E-state index >= 15 is 0 Å². The highest BCUT2D eigenvalue weighted by Crippen LogP contribution is 2.34. The number of carbonyl (C=O) groups is 2. The number of esters is 1. The third kappa shape index (κ3) is 5.70. The van der Waals surface area contributed by atoms with Crippen LogP contribution in [0.2, 0.25) is 0 Å². The number of benzene rings is 1. The van der Waals surface area contributed by atoms with Crippen LogP contribution >= 0.6 is 0 Å². The minimum atomic E-state index is -0.509. The van der Waals surface area contributed by atoms with Crippen molar-refractivity contribution < 1.29 is 18.7 Å². The molecule has 33 heavy (non-hydrogen) atoms. The molecule has 0 spiro atoms. The zero-order chi connectivity index (χ0) is 23.2. The average Bonchev–Trinajstić information content (AvgIpc) is 3.17. The lowest BCUT2D eigenvalue weighted by Crippen LogP contribution is -2.33. The Morgan fingerprint density at radius 1 is 1.33 bits per heavy atom. The Balaban J connectivity index is 1.38. The summed E-state index contributed by atoms with van der Waals surface area (Å²) in [7, 11) is 0. The van der Waals surface area contributed by atoms with Crippen LogP contribution in [0.4, 0.5) is 10.2 Å². The maximum absolute atomic E-state index is 13.9. The van der Waals surface area contributed by atoms with Crippen LogP contribution in [0.5, 0.6) is 0 Å². The summed E-state index contributed by atoms with van der Waals surface area (Å²) in [6.45, 7) is 3.55. The molecule has 0 bridgehead atoms. The Kier molecular flexibility index (Phi) is 7.57. The van der Waals surface area contributed by atoms with E-state index in [0.29, 0.717) is 12.1 Å². The van der Waals surface area contributed by atoms with Crippen LogP contribution in [-0.2, 0) is 27.2 Å². The summed E-state index contributed by atoms with van der Waals surface area (Å²) in [5.41, 5.74) is 2.95. The standard InChI is InChI=1S/C26H32FN3O3/c1-2-33-24(31)17-23(20-7-3-9-21(27)16-20)30-15-13-19(26(30)32)6-4-10-22-12-11-18-8-5-14-28-25(18)29-22/h3,7,9,11-12,16,19,23H,2,4-6,8,10,13-15,17H2,1H3,(H,28,29)/t19-,23+/m1/s1. The van der Waals surface area contributed by atoms with Crippen LogP contribution in [-0.4, -0.2) is 41.5 Å². The Labute approximate surface area is 194 Å². The monoisotopic (exact) mass is 453 g/mol. The van der Waals surface area contributed by atoms with Crippen molar-refractivity contribution >= 4 is 17.7 Å². The number of nitrogens with zero attached hydrogens (tertiary/aromatic N) is 2. The van der Waals surface area contributed by atoms with Gasteiger partial charge in [-0.05, 0) is 74.8 Å². The van der Waals surface area contributed by atoms with Gasteiger partial charge in [0, 0.05) is 24.7 Å². The average molecular weight is 454 g/mol. The molecular formula is C26H32FN3O3. The van der Waals surface area contributed by atoms with Crippen molar-refractivity contribution in [3.63, 3.8) is 0 Å². The van der Waals surface area contributed by atoms with Gasteiger partial charge in [0.1, 0.15) is 11.6 Å². The normalized spacial score (nSPS) is 18.5. The molecule has 0 radical (unpaired) electrons. The van der Waals surface area contributed by atoms with E-state index < -0.39 is 6.04 Å². The molecule has 2 aromatic rings. The molecule has 1 aromatic heterocycles. The van der Waals surface area contributed by atoms with E-state index in [0.717, 1.165) is 56.6 Å². The Hall–Kier alpha value is -2.96. The second-order valence-corrected chi connectivity index (χ2v) is 8.83. The van der Waals surface area contributed by atoms with Gasteiger partial charge in [0.05, 0.1) is 19.1 Å². The number of fused-ring (bicyclic) bond motifs is 1. The third-order valence-corrected chi connectivity index (χ3v) is 6.56. The predicted molar refractivity (Wildman–Crippen MR) is 124 cm³/mol. The van der Waals surface area contributed by atoms with Gasteiger partial charge in [-0.15, -0.1) is 0 Å². The molecule has 6 nitrogen and oxygen atoms in total. The lowest BCUT2D eigenvalue weighted by atomic mass is 9.98. The molecule has 1 fully saturated rings. The highest BCUT2D eigenvalue weighted by Gasteiger charge is 2.37. The molecule has 2 aliphatic heterocycles. The number of hydrogen-bond donors (Lipinski definition) is 1. The second kappa shape index (κ2) is 10.8. The smallest absolute Gasteiger partial charge is 0.308 e. The van der Waals surface area contributed by atoms with E-state index in [4.69, 9.17) is 9.72 Å². The zero-order valence-corrected chi connectivity index (χ0v) is 19.2. The molecule has 2 atom stereocenters. The van der Waals surface area contributed by atoms with Gasteiger partial charge < -0.3 is 15.0 Å². The number of halogens is 1. The molecule has 1 amide bonds. The molecule has 0 unspecified atom stereocenters. The van der Waals surface area contributed by atoms with Crippen molar-refractivity contribution in [2.75, 3.05) is 25.0 Å². The van der Waals surface area contributed by atoms with E-state index in [1.807, 2.05) is 0 Å². The van der Waals surface area contributed by atoms with Crippen LogP contribution < -0.4 is 5.32 Å². The first kappa shape index (κ1) is 23.2. The topological polar surface area (TPSA) is 71.5 Å². The van der Waals surface area contributed by atoms with Crippen molar-refractivity contribution in [2.45, 2.75) is 57.9 Å². The van der Waals surface area contributed by atoms with Gasteiger partial charge in [-0.3, -0.25) is 9.59 Å². The van der Waals surface area contributed by atoms with Crippen molar-refractivity contribution in [3.05, 3.63) is 59.0 Å². The van der Waals surface area contributed by atoms with Gasteiger partial charge >= 0.3 is 5.97 Å². The summed E-state index contributed by atoms with van der Waals surface area (Å²) in [6.07, 6.45) is 5.46. The molecule has 1 N–H and O–H groups in total. The van der Waals surface area contributed by atoms with E-state index in [9.17, 15) is 14.0 Å². The molecule has 7 heteroatoms. The van der Waals surface area contributed by atoms with Crippen LogP contribution in [0.25, 0.3) is 0 Å². The van der Waals surface area contributed by atoms with Crippen LogP contribution in [0.3, 0.4) is 0 Å². The van der Waals surface area contributed by atoms with Gasteiger partial charge in [-0.2, -0.15) is 0 Å². The Morgan fingerprint density at radius 3 is 3.03 bits per heavy atom. The minimum absolute atomic E-state index is 0.0296. The van der Waals surface area contributed by atoms with E-state index in [1.54, 1.807) is 24.0 Å². The number of aryl methyl sites for hydroxylation is 2. The summed E-state index contributed by atoms with van der Waals surface area (Å²) in [4.78, 5) is 31.9. The summed E-state index contributed by atoms with van der Waals surface area (Å²) in [5, 5.41) is 3.37. The number of likely N-dealkylation sites (tertiary alicyclic amines) is 1. The Morgan fingerprint density at radius 2 is 2.21 bits per heavy atom. The number of rotatable bonds is 9. The molecule has 0 saturated carbocycles. The highest BCUT2D eigenvalue weighted by molar-refractivity contribution is 5.82. The summed E-state index contributed by atoms with van der Waals surface area (Å²) < 4.78 is 19.0. The van der Waals surface area contributed by atoms with Crippen LogP contribution in [0.1, 0.15) is 61.9 Å². The molecule has 3 heterocycles. The van der Waals surface area contributed by atoms with Gasteiger partial charge in [0.2, 0.25) is 5.91 Å². The number of nitrogens with one attached hydrogen (secondary N) is 1. The fraction of sp³-hybridized carbons (Fsp3) is 0.500. The number of amides is 1. The number of hydrogen-bond acceptors (Lipinski definition) is 5. The first-order valence-electron chi connectivity index (χ1n) is 12.0. The fourth-order valence-corrected chi connectivity index (χ4v) is 4.88. The van der Waals surface area contributed by atoms with Crippen molar-refractivity contribution in [3.8, 4) is 0 Å². The summed E-state index contributed by atoms with van der Waals surface area (Å²) in [6, 6.07) is 9.89. The van der Waals surface area contributed by atoms with Gasteiger partial charge in [-0.1, -0.05) is 18.2 Å². The first-order chi connectivity index (χ1) is 16.0. The summed E-state index contributed by atoms with van der Waals surface area (Å²) >= 11 is 0. The van der Waals surface area contributed by atoms with Crippen LogP contribution in [0.15, 0.2) is 36.4 Å². The van der Waals surface area contributed by atoms with Gasteiger partial charge in [0.25, 0.3) is 0 Å². The Bertz CT molecular complexity index is 996. The molecule has 4 rings (SSSR count). The predicted octanol–water partition coefficient (Wildman–Crippen LogP) is 4.44. The number of carbonyl (C=O) groups excluding carboxylic acids is 2. The largest absolute Gasteiger partial charge is 0.466 e. The highest BCUT2D eigenvalue weighted by atomic mass is 19.1. The first-order valence-corrected chi connectivity index (χ1v) is 12.0. The quantitative estimate of drug-likeness (QED) is 0.568. The lowest BCUT2D eigenvalue weighted by Gasteiger charge is -2.28. The van der Waals surface area contributed by atoms with Crippen molar-refractivity contribution in [1.82, 2.24) is 9.88 Å². The fourth-order valence-electron chi connectivity index (χ4n) is 4.88. The number of ether oxygens (including phenoxy) is 1. The van der Waals surface area contributed by atoms with Gasteiger partial charge in [-0.25, -0.2) is 9.37 Å². The van der Waals surface area contributed by atoms with Crippen LogP contribution in [0, 0.1) is 11.7 Å². The number of pyridine rings is 1.